The van der Waals surface area contributed by atoms with E-state index in [1.807, 2.05) is 6.07 Å². The van der Waals surface area contributed by atoms with E-state index in [2.05, 4.69) is 17.8 Å². The molecule has 0 spiro atoms. The average Bonchev–Trinajstić information content (AvgIpc) is 3.10. The molecule has 4 rings (SSSR count). The van der Waals surface area contributed by atoms with Gasteiger partial charge in [-0.2, -0.15) is 9.30 Å². The summed E-state index contributed by atoms with van der Waals surface area (Å²) in [4.78, 5) is 17.7. The highest BCUT2D eigenvalue weighted by Gasteiger charge is 2.28. The van der Waals surface area contributed by atoms with Gasteiger partial charge in [0, 0.05) is 23.7 Å². The minimum Gasteiger partial charge on any atom is -0.305 e. The first kappa shape index (κ1) is 22.7. The Bertz CT molecular complexity index is 1380. The van der Waals surface area contributed by atoms with Crippen molar-refractivity contribution in [3.05, 3.63) is 57.9 Å². The number of amides is 1. The number of thiazole rings is 1. The van der Waals surface area contributed by atoms with Crippen molar-refractivity contribution < 1.29 is 13.2 Å². The first-order chi connectivity index (χ1) is 15.3. The molecule has 2 heterocycles. The number of fused-ring (bicyclic) bond motifs is 1. The lowest BCUT2D eigenvalue weighted by Gasteiger charge is -2.30. The van der Waals surface area contributed by atoms with Crippen LogP contribution in [0.5, 0.6) is 0 Å². The molecule has 1 saturated heterocycles. The zero-order valence-electron chi connectivity index (χ0n) is 17.5. The van der Waals surface area contributed by atoms with E-state index in [-0.39, 0.29) is 11.4 Å². The number of sulfonamides is 1. The second kappa shape index (κ2) is 9.20. The predicted octanol–water partition coefficient (Wildman–Crippen LogP) is 4.15. The van der Waals surface area contributed by atoms with Crippen LogP contribution in [0.2, 0.25) is 5.02 Å². The number of carbonyl (C=O) groups excluding carboxylic acids is 1. The number of rotatable bonds is 4. The Balaban J connectivity index is 1.64. The molecule has 3 aromatic rings. The van der Waals surface area contributed by atoms with Crippen molar-refractivity contribution in [1.82, 2.24) is 8.87 Å². The zero-order chi connectivity index (χ0) is 22.9. The van der Waals surface area contributed by atoms with Crippen LogP contribution in [0.25, 0.3) is 10.2 Å². The molecule has 1 aliphatic heterocycles. The number of aromatic nitrogens is 1. The number of halogens is 1. The zero-order valence-corrected chi connectivity index (χ0v) is 19.9. The van der Waals surface area contributed by atoms with Gasteiger partial charge in [0.2, 0.25) is 10.0 Å². The van der Waals surface area contributed by atoms with Gasteiger partial charge in [-0.05, 0) is 61.2 Å². The molecule has 1 aromatic heterocycles. The van der Waals surface area contributed by atoms with E-state index in [1.54, 1.807) is 16.7 Å². The summed E-state index contributed by atoms with van der Waals surface area (Å²) >= 11 is 7.40. The van der Waals surface area contributed by atoms with Gasteiger partial charge in [0.15, 0.2) is 4.80 Å². The molecular weight excluding hydrogens is 466 g/mol. The lowest BCUT2D eigenvalue weighted by Crippen LogP contribution is -2.39. The molecule has 6 nitrogen and oxygen atoms in total. The van der Waals surface area contributed by atoms with Crippen LogP contribution >= 0.6 is 22.9 Å². The van der Waals surface area contributed by atoms with Crippen LogP contribution in [-0.2, 0) is 16.6 Å². The first-order valence-corrected chi connectivity index (χ1v) is 12.8. The number of hydrogen-bond donors (Lipinski definition) is 0. The minimum atomic E-state index is -3.58. The van der Waals surface area contributed by atoms with E-state index >= 15 is 0 Å². The fourth-order valence-electron chi connectivity index (χ4n) is 3.81. The maximum atomic E-state index is 12.9. The highest BCUT2D eigenvalue weighted by molar-refractivity contribution is 7.89. The molecule has 1 atom stereocenters. The number of carbonyl (C=O) groups is 1. The quantitative estimate of drug-likeness (QED) is 0.519. The molecule has 9 heteroatoms. The van der Waals surface area contributed by atoms with Crippen LogP contribution < -0.4 is 4.80 Å². The highest BCUT2D eigenvalue weighted by atomic mass is 35.5. The summed E-state index contributed by atoms with van der Waals surface area (Å²) in [5.74, 6) is 2.45. The number of piperidine rings is 1. The van der Waals surface area contributed by atoms with Gasteiger partial charge in [0.1, 0.15) is 0 Å². The van der Waals surface area contributed by atoms with Crippen molar-refractivity contribution >= 4 is 49.1 Å². The summed E-state index contributed by atoms with van der Waals surface area (Å²) in [6.45, 7) is 3.36. The lowest BCUT2D eigenvalue weighted by atomic mass is 10.0. The Labute approximate surface area is 196 Å². The van der Waals surface area contributed by atoms with Crippen molar-refractivity contribution in [3.8, 4) is 12.3 Å². The van der Waals surface area contributed by atoms with Crippen LogP contribution in [0.3, 0.4) is 0 Å². The van der Waals surface area contributed by atoms with Crippen molar-refractivity contribution in [2.75, 3.05) is 13.1 Å². The van der Waals surface area contributed by atoms with Crippen LogP contribution in [0.4, 0.5) is 0 Å². The normalized spacial score (nSPS) is 18.0. The summed E-state index contributed by atoms with van der Waals surface area (Å²) in [5, 5.41) is 0.587. The number of benzene rings is 2. The molecule has 0 radical (unpaired) electrons. The maximum Gasteiger partial charge on any atom is 0.279 e. The van der Waals surface area contributed by atoms with Crippen molar-refractivity contribution in [1.29, 1.82) is 0 Å². The smallest absolute Gasteiger partial charge is 0.279 e. The van der Waals surface area contributed by atoms with Gasteiger partial charge >= 0.3 is 0 Å². The van der Waals surface area contributed by atoms with Crippen molar-refractivity contribution in [3.63, 3.8) is 0 Å². The summed E-state index contributed by atoms with van der Waals surface area (Å²) in [6.07, 6.45) is 7.39. The third kappa shape index (κ3) is 4.52. The van der Waals surface area contributed by atoms with Gasteiger partial charge in [0.05, 0.1) is 21.7 Å². The second-order valence-corrected chi connectivity index (χ2v) is 11.2. The topological polar surface area (TPSA) is 71.7 Å². The van der Waals surface area contributed by atoms with Gasteiger partial charge in [-0.25, -0.2) is 8.42 Å². The molecule has 0 bridgehead atoms. The van der Waals surface area contributed by atoms with E-state index in [1.165, 1.54) is 39.9 Å². The van der Waals surface area contributed by atoms with Gasteiger partial charge in [-0.3, -0.25) is 4.79 Å². The summed E-state index contributed by atoms with van der Waals surface area (Å²) in [5.41, 5.74) is 1.15. The van der Waals surface area contributed by atoms with Crippen LogP contribution in [0.15, 0.2) is 52.4 Å². The van der Waals surface area contributed by atoms with E-state index in [4.69, 9.17) is 18.0 Å². The second-order valence-electron chi connectivity index (χ2n) is 7.84. The van der Waals surface area contributed by atoms with Gasteiger partial charge < -0.3 is 4.57 Å². The average molecular weight is 488 g/mol. The SMILES string of the molecule is C#CCn1c(=NC(=O)c2ccc(S(=O)(=O)N3CCCC(C)C3)cc2)sc2cc(Cl)ccc21. The minimum absolute atomic E-state index is 0.182. The van der Waals surface area contributed by atoms with E-state index in [0.717, 1.165) is 23.1 Å². The molecule has 1 unspecified atom stereocenters. The largest absolute Gasteiger partial charge is 0.305 e. The number of hydrogen-bond acceptors (Lipinski definition) is 4. The Kier molecular flexibility index (Phi) is 6.54. The fraction of sp³-hybridized carbons (Fsp3) is 0.304. The molecule has 0 N–H and O–H groups in total. The van der Waals surface area contributed by atoms with Gasteiger partial charge in [-0.15, -0.1) is 6.42 Å². The lowest BCUT2D eigenvalue weighted by molar-refractivity contribution is 0.0998. The van der Waals surface area contributed by atoms with Gasteiger partial charge in [-0.1, -0.05) is 35.8 Å². The highest BCUT2D eigenvalue weighted by Crippen LogP contribution is 2.24. The summed E-state index contributed by atoms with van der Waals surface area (Å²) < 4.78 is 30.0. The third-order valence-electron chi connectivity index (χ3n) is 5.45. The van der Waals surface area contributed by atoms with E-state index < -0.39 is 15.9 Å². The Morgan fingerprint density at radius 1 is 1.28 bits per heavy atom. The third-order valence-corrected chi connectivity index (χ3v) is 8.61. The Morgan fingerprint density at radius 3 is 2.72 bits per heavy atom. The molecule has 0 saturated carbocycles. The first-order valence-electron chi connectivity index (χ1n) is 10.2. The number of terminal acetylenes is 1. The molecule has 1 amide bonds. The fourth-order valence-corrected chi connectivity index (χ4v) is 6.71. The molecule has 1 aliphatic rings. The Morgan fingerprint density at radius 2 is 2.03 bits per heavy atom. The Hall–Kier alpha value is -2.44. The van der Waals surface area contributed by atoms with Crippen LogP contribution in [0.1, 0.15) is 30.1 Å². The molecule has 1 fully saturated rings. The van der Waals surface area contributed by atoms with Gasteiger partial charge in [0.25, 0.3) is 5.91 Å². The summed E-state index contributed by atoms with van der Waals surface area (Å²) in [7, 11) is -3.58. The maximum absolute atomic E-state index is 12.9. The van der Waals surface area contributed by atoms with Crippen molar-refractivity contribution in [2.24, 2.45) is 10.9 Å². The van der Waals surface area contributed by atoms with E-state index in [0.29, 0.717) is 34.4 Å². The molecule has 166 valence electrons. The standard InChI is InChI=1S/C23H22ClN3O3S2/c1-3-12-27-20-11-8-18(24)14-21(20)31-23(27)25-22(28)17-6-9-19(10-7-17)32(29,30)26-13-4-5-16(2)15-26/h1,6-11,14,16H,4-5,12-13,15H2,2H3. The molecule has 0 aliphatic carbocycles. The molecule has 2 aromatic carbocycles. The number of nitrogens with zero attached hydrogens (tertiary/aromatic N) is 3. The molecular formula is C23H22ClN3O3S2. The monoisotopic (exact) mass is 487 g/mol. The van der Waals surface area contributed by atoms with Crippen LogP contribution in [0, 0.1) is 18.3 Å². The summed E-state index contributed by atoms with van der Waals surface area (Å²) in [6, 6.07) is 11.4. The van der Waals surface area contributed by atoms with Crippen molar-refractivity contribution in [2.45, 2.75) is 31.2 Å². The molecule has 32 heavy (non-hydrogen) atoms. The van der Waals surface area contributed by atoms with Crippen LogP contribution in [-0.4, -0.2) is 36.3 Å². The predicted molar refractivity (Wildman–Crippen MR) is 127 cm³/mol. The van der Waals surface area contributed by atoms with E-state index in [9.17, 15) is 13.2 Å².